The first-order valence-corrected chi connectivity index (χ1v) is 8.19. The summed E-state index contributed by atoms with van der Waals surface area (Å²) in [6.45, 7) is 4.61. The second-order valence-electron chi connectivity index (χ2n) is 5.11. The zero-order chi connectivity index (χ0) is 16.5. The number of carbonyl (C=O) groups is 2. The Kier molecular flexibility index (Phi) is 15.4. The molecule has 0 aliphatic heterocycles. The fourth-order valence-electron chi connectivity index (χ4n) is 1.79. The molecule has 0 amide bonds. The van der Waals surface area contributed by atoms with Gasteiger partial charge in [0.05, 0.1) is 19.8 Å². The molecule has 6 nitrogen and oxygen atoms in total. The predicted octanol–water partition coefficient (Wildman–Crippen LogP) is 2.79. The average molecular weight is 318 g/mol. The molecule has 0 saturated heterocycles. The van der Waals surface area contributed by atoms with Crippen LogP contribution in [0.5, 0.6) is 0 Å². The standard InChI is InChI=1S/C16H30O6/c1-2-3-4-7-10-20-11-12-21-13-14-22-16(19)9-6-5-8-15(17)18/h2-14H2,1H3,(H,17,18). The highest BCUT2D eigenvalue weighted by Crippen LogP contribution is 2.01. The highest BCUT2D eigenvalue weighted by molar-refractivity contribution is 5.69. The first-order valence-electron chi connectivity index (χ1n) is 8.19. The fraction of sp³-hybridized carbons (Fsp3) is 0.875. The minimum absolute atomic E-state index is 0.0921. The van der Waals surface area contributed by atoms with Gasteiger partial charge in [0.15, 0.2) is 0 Å². The van der Waals surface area contributed by atoms with Crippen molar-refractivity contribution in [3.8, 4) is 0 Å². The van der Waals surface area contributed by atoms with Crippen molar-refractivity contribution in [2.45, 2.75) is 58.3 Å². The van der Waals surface area contributed by atoms with Crippen molar-refractivity contribution >= 4 is 11.9 Å². The molecule has 0 bridgehead atoms. The van der Waals surface area contributed by atoms with E-state index in [1.165, 1.54) is 19.3 Å². The summed E-state index contributed by atoms with van der Waals surface area (Å²) >= 11 is 0. The first-order chi connectivity index (χ1) is 10.7. The van der Waals surface area contributed by atoms with Crippen molar-refractivity contribution < 1.29 is 28.9 Å². The lowest BCUT2D eigenvalue weighted by molar-refractivity contribution is -0.146. The minimum atomic E-state index is -0.839. The average Bonchev–Trinajstić information content (AvgIpc) is 2.49. The van der Waals surface area contributed by atoms with Crippen LogP contribution in [-0.4, -0.2) is 50.1 Å². The number of unbranched alkanes of at least 4 members (excludes halogenated alkanes) is 4. The van der Waals surface area contributed by atoms with Crippen molar-refractivity contribution in [1.29, 1.82) is 0 Å². The third kappa shape index (κ3) is 16.9. The Morgan fingerprint density at radius 1 is 0.773 bits per heavy atom. The van der Waals surface area contributed by atoms with E-state index in [1.54, 1.807) is 0 Å². The Morgan fingerprint density at radius 2 is 1.41 bits per heavy atom. The van der Waals surface area contributed by atoms with E-state index in [4.69, 9.17) is 19.3 Å². The van der Waals surface area contributed by atoms with Crippen LogP contribution in [0, 0.1) is 0 Å². The molecule has 130 valence electrons. The number of carboxylic acids is 1. The molecule has 6 heteroatoms. The van der Waals surface area contributed by atoms with Gasteiger partial charge in [0.1, 0.15) is 6.61 Å². The number of esters is 1. The molecular weight excluding hydrogens is 288 g/mol. The van der Waals surface area contributed by atoms with E-state index in [2.05, 4.69) is 6.92 Å². The molecule has 0 spiro atoms. The van der Waals surface area contributed by atoms with Gasteiger partial charge >= 0.3 is 11.9 Å². The molecule has 0 aliphatic rings. The SMILES string of the molecule is CCCCCCOCCOCCOC(=O)CCCCC(=O)O. The Labute approximate surface area is 133 Å². The third-order valence-electron chi connectivity index (χ3n) is 3.03. The fourth-order valence-corrected chi connectivity index (χ4v) is 1.79. The molecule has 0 aromatic heterocycles. The van der Waals surface area contributed by atoms with Crippen molar-refractivity contribution in [3.63, 3.8) is 0 Å². The number of hydrogen-bond acceptors (Lipinski definition) is 5. The molecule has 0 unspecified atom stereocenters. The van der Waals surface area contributed by atoms with Crippen LogP contribution in [0.15, 0.2) is 0 Å². The lowest BCUT2D eigenvalue weighted by Crippen LogP contribution is -2.13. The molecule has 0 fully saturated rings. The number of ether oxygens (including phenoxy) is 3. The number of aliphatic carboxylic acids is 1. The third-order valence-corrected chi connectivity index (χ3v) is 3.03. The van der Waals surface area contributed by atoms with Crippen LogP contribution in [0.4, 0.5) is 0 Å². The Balaban J connectivity index is 3.15. The van der Waals surface area contributed by atoms with E-state index in [-0.39, 0.29) is 25.4 Å². The summed E-state index contributed by atoms with van der Waals surface area (Å²) < 4.78 is 15.7. The Bertz CT molecular complexity index is 280. The molecular formula is C16H30O6. The van der Waals surface area contributed by atoms with Crippen LogP contribution < -0.4 is 0 Å². The Hall–Kier alpha value is -1.14. The molecule has 22 heavy (non-hydrogen) atoms. The molecule has 0 aromatic rings. The lowest BCUT2D eigenvalue weighted by Gasteiger charge is -2.07. The van der Waals surface area contributed by atoms with Gasteiger partial charge in [-0.05, 0) is 19.3 Å². The van der Waals surface area contributed by atoms with Gasteiger partial charge in [0.2, 0.25) is 0 Å². The van der Waals surface area contributed by atoms with Crippen molar-refractivity contribution in [2.24, 2.45) is 0 Å². The summed E-state index contributed by atoms with van der Waals surface area (Å²) in [5.74, 6) is -1.14. The molecule has 1 N–H and O–H groups in total. The van der Waals surface area contributed by atoms with Gasteiger partial charge in [-0.15, -0.1) is 0 Å². The number of carbonyl (C=O) groups excluding carboxylic acids is 1. The Morgan fingerprint density at radius 3 is 2.09 bits per heavy atom. The molecule has 0 radical (unpaired) electrons. The van der Waals surface area contributed by atoms with Gasteiger partial charge in [-0.3, -0.25) is 9.59 Å². The molecule has 0 rings (SSSR count). The minimum Gasteiger partial charge on any atom is -0.481 e. The van der Waals surface area contributed by atoms with Crippen molar-refractivity contribution in [3.05, 3.63) is 0 Å². The second kappa shape index (κ2) is 16.2. The summed E-state index contributed by atoms with van der Waals surface area (Å²) in [6, 6.07) is 0. The quantitative estimate of drug-likeness (QED) is 0.348. The normalized spacial score (nSPS) is 10.6. The van der Waals surface area contributed by atoms with Crippen LogP contribution in [0.3, 0.4) is 0 Å². The highest BCUT2D eigenvalue weighted by Gasteiger charge is 2.04. The van der Waals surface area contributed by atoms with Gasteiger partial charge in [-0.25, -0.2) is 0 Å². The predicted molar refractivity (Wildman–Crippen MR) is 82.8 cm³/mol. The van der Waals surface area contributed by atoms with Gasteiger partial charge < -0.3 is 19.3 Å². The van der Waals surface area contributed by atoms with Crippen molar-refractivity contribution in [1.82, 2.24) is 0 Å². The summed E-state index contributed by atoms with van der Waals surface area (Å²) in [5.41, 5.74) is 0. The van der Waals surface area contributed by atoms with E-state index in [1.807, 2.05) is 0 Å². The zero-order valence-electron chi connectivity index (χ0n) is 13.7. The number of hydrogen-bond donors (Lipinski definition) is 1. The first kappa shape index (κ1) is 20.9. The largest absolute Gasteiger partial charge is 0.481 e. The van der Waals surface area contributed by atoms with Crippen molar-refractivity contribution in [2.75, 3.05) is 33.0 Å². The van der Waals surface area contributed by atoms with E-state index in [0.29, 0.717) is 32.7 Å². The van der Waals surface area contributed by atoms with Crippen LogP contribution in [0.2, 0.25) is 0 Å². The van der Waals surface area contributed by atoms with Gasteiger partial charge in [0, 0.05) is 19.4 Å². The lowest BCUT2D eigenvalue weighted by atomic mass is 10.2. The summed E-state index contributed by atoms with van der Waals surface area (Å²) in [4.78, 5) is 21.6. The van der Waals surface area contributed by atoms with Gasteiger partial charge in [-0.2, -0.15) is 0 Å². The van der Waals surface area contributed by atoms with Gasteiger partial charge in [-0.1, -0.05) is 26.2 Å². The van der Waals surface area contributed by atoms with Crippen LogP contribution >= 0.6 is 0 Å². The summed E-state index contributed by atoms with van der Waals surface area (Å²) in [5, 5.41) is 8.45. The zero-order valence-corrected chi connectivity index (χ0v) is 13.7. The summed E-state index contributed by atoms with van der Waals surface area (Å²) in [7, 11) is 0. The van der Waals surface area contributed by atoms with Crippen LogP contribution in [0.25, 0.3) is 0 Å². The molecule has 0 heterocycles. The van der Waals surface area contributed by atoms with Crippen LogP contribution in [-0.2, 0) is 23.8 Å². The molecule has 0 aliphatic carbocycles. The van der Waals surface area contributed by atoms with Gasteiger partial charge in [0.25, 0.3) is 0 Å². The topological polar surface area (TPSA) is 82.1 Å². The molecule has 0 saturated carbocycles. The maximum absolute atomic E-state index is 11.3. The van der Waals surface area contributed by atoms with Crippen LogP contribution in [0.1, 0.15) is 58.3 Å². The number of carboxylic acid groups (broad SMARTS) is 1. The van der Waals surface area contributed by atoms with E-state index >= 15 is 0 Å². The second-order valence-corrected chi connectivity index (χ2v) is 5.11. The van der Waals surface area contributed by atoms with E-state index in [0.717, 1.165) is 13.0 Å². The number of rotatable bonds is 16. The maximum Gasteiger partial charge on any atom is 0.305 e. The molecule has 0 aromatic carbocycles. The highest BCUT2D eigenvalue weighted by atomic mass is 16.6. The van der Waals surface area contributed by atoms with E-state index in [9.17, 15) is 9.59 Å². The maximum atomic E-state index is 11.3. The monoisotopic (exact) mass is 318 g/mol. The van der Waals surface area contributed by atoms with E-state index < -0.39 is 5.97 Å². The smallest absolute Gasteiger partial charge is 0.305 e. The summed E-state index contributed by atoms with van der Waals surface area (Å²) in [6.07, 6.45) is 6.16. The molecule has 0 atom stereocenters.